The fourth-order valence-corrected chi connectivity index (χ4v) is 5.89. The zero-order chi connectivity index (χ0) is 21.0. The summed E-state index contributed by atoms with van der Waals surface area (Å²) in [6, 6.07) is 11.3. The molecule has 156 valence electrons. The van der Waals surface area contributed by atoms with Gasteiger partial charge in [0.25, 0.3) is 0 Å². The predicted molar refractivity (Wildman–Crippen MR) is 122 cm³/mol. The van der Waals surface area contributed by atoms with Crippen molar-refractivity contribution in [2.75, 3.05) is 26.2 Å². The standard InChI is InChI=1S/C21H21N3O3S3/c25-20(14-19-16-29-21(22-19)18-6-12-28-15-18)23-8-10-24(11-9-23)30(26,27)13-7-17-4-2-1-3-5-17/h1-7,12-13,15-16H,8-11,14H2. The Balaban J connectivity index is 1.31. The van der Waals surface area contributed by atoms with Crippen LogP contribution in [0.2, 0.25) is 0 Å². The van der Waals surface area contributed by atoms with E-state index >= 15 is 0 Å². The molecule has 3 aromatic rings. The molecule has 3 heterocycles. The molecule has 9 heteroatoms. The molecule has 4 rings (SSSR count). The molecule has 0 atom stereocenters. The van der Waals surface area contributed by atoms with Crippen molar-refractivity contribution in [3.8, 4) is 10.6 Å². The molecule has 0 spiro atoms. The van der Waals surface area contributed by atoms with Crippen molar-refractivity contribution in [1.82, 2.24) is 14.2 Å². The first kappa shape index (κ1) is 20.9. The summed E-state index contributed by atoms with van der Waals surface area (Å²) in [6.07, 6.45) is 1.83. The lowest BCUT2D eigenvalue weighted by Crippen LogP contribution is -2.50. The molecule has 1 fully saturated rings. The average molecular weight is 460 g/mol. The van der Waals surface area contributed by atoms with E-state index in [1.54, 1.807) is 22.3 Å². The Morgan fingerprint density at radius 2 is 1.83 bits per heavy atom. The first-order chi connectivity index (χ1) is 14.5. The lowest BCUT2D eigenvalue weighted by atomic mass is 10.2. The van der Waals surface area contributed by atoms with Crippen molar-refractivity contribution in [2.45, 2.75) is 6.42 Å². The van der Waals surface area contributed by atoms with Crippen molar-refractivity contribution >= 4 is 44.7 Å². The van der Waals surface area contributed by atoms with Gasteiger partial charge in [-0.15, -0.1) is 11.3 Å². The highest BCUT2D eigenvalue weighted by Gasteiger charge is 2.27. The number of piperazine rings is 1. The molecule has 1 aliphatic heterocycles. The molecule has 0 aliphatic carbocycles. The fourth-order valence-electron chi connectivity index (χ4n) is 3.18. The van der Waals surface area contributed by atoms with Crippen LogP contribution in [0.5, 0.6) is 0 Å². The van der Waals surface area contributed by atoms with Gasteiger partial charge in [0.2, 0.25) is 15.9 Å². The molecule has 1 amide bonds. The first-order valence-corrected chi connectivity index (χ1v) is 12.8. The van der Waals surface area contributed by atoms with Crippen LogP contribution in [0.3, 0.4) is 0 Å². The van der Waals surface area contributed by atoms with E-state index in [9.17, 15) is 13.2 Å². The highest BCUT2D eigenvalue weighted by molar-refractivity contribution is 7.92. The van der Waals surface area contributed by atoms with Crippen LogP contribution in [0.1, 0.15) is 11.3 Å². The fraction of sp³-hybridized carbons (Fsp3) is 0.238. The number of amides is 1. The molecule has 1 aromatic carbocycles. The Hall–Kier alpha value is -2.33. The van der Waals surface area contributed by atoms with E-state index in [0.29, 0.717) is 26.2 Å². The molecule has 30 heavy (non-hydrogen) atoms. The molecule has 0 unspecified atom stereocenters. The number of hydrogen-bond acceptors (Lipinski definition) is 6. The summed E-state index contributed by atoms with van der Waals surface area (Å²) >= 11 is 3.15. The number of carbonyl (C=O) groups is 1. The van der Waals surface area contributed by atoms with Crippen LogP contribution in [-0.2, 0) is 21.2 Å². The number of carbonyl (C=O) groups excluding carboxylic acids is 1. The largest absolute Gasteiger partial charge is 0.340 e. The zero-order valence-electron chi connectivity index (χ0n) is 16.2. The number of benzene rings is 1. The Morgan fingerprint density at radius 3 is 2.53 bits per heavy atom. The Morgan fingerprint density at radius 1 is 1.07 bits per heavy atom. The highest BCUT2D eigenvalue weighted by atomic mass is 32.2. The quantitative estimate of drug-likeness (QED) is 0.565. The molecule has 0 bridgehead atoms. The Bertz CT molecular complexity index is 1110. The maximum absolute atomic E-state index is 12.6. The van der Waals surface area contributed by atoms with Crippen LogP contribution in [0, 0.1) is 0 Å². The SMILES string of the molecule is O=C(Cc1csc(-c2ccsc2)n1)N1CCN(S(=O)(=O)C=Cc2ccccc2)CC1. The maximum atomic E-state index is 12.6. The molecule has 1 saturated heterocycles. The van der Waals surface area contributed by atoms with E-state index in [0.717, 1.165) is 21.8 Å². The van der Waals surface area contributed by atoms with E-state index in [4.69, 9.17) is 0 Å². The van der Waals surface area contributed by atoms with Gasteiger partial charge < -0.3 is 4.90 Å². The first-order valence-electron chi connectivity index (χ1n) is 9.49. The van der Waals surface area contributed by atoms with E-state index in [1.165, 1.54) is 21.1 Å². The van der Waals surface area contributed by atoms with Crippen molar-refractivity contribution in [3.63, 3.8) is 0 Å². The summed E-state index contributed by atoms with van der Waals surface area (Å²) in [5, 5.41) is 8.11. The van der Waals surface area contributed by atoms with Crippen molar-refractivity contribution in [2.24, 2.45) is 0 Å². The number of thiazole rings is 1. The predicted octanol–water partition coefficient (Wildman–Crippen LogP) is 3.56. The van der Waals surface area contributed by atoms with E-state index in [-0.39, 0.29) is 12.3 Å². The number of rotatable bonds is 6. The van der Waals surface area contributed by atoms with Gasteiger partial charge in [-0.3, -0.25) is 4.79 Å². The van der Waals surface area contributed by atoms with Crippen molar-refractivity contribution < 1.29 is 13.2 Å². The minimum absolute atomic E-state index is 0.0194. The van der Waals surface area contributed by atoms with Gasteiger partial charge in [-0.1, -0.05) is 30.3 Å². The molecular formula is C21H21N3O3S3. The lowest BCUT2D eigenvalue weighted by molar-refractivity contribution is -0.131. The van der Waals surface area contributed by atoms with E-state index in [2.05, 4.69) is 4.98 Å². The third kappa shape index (κ3) is 5.04. The normalized spacial score (nSPS) is 15.7. The maximum Gasteiger partial charge on any atom is 0.236 e. The van der Waals surface area contributed by atoms with Crippen LogP contribution >= 0.6 is 22.7 Å². The second-order valence-corrected chi connectivity index (χ2v) is 10.3. The zero-order valence-corrected chi connectivity index (χ0v) is 18.6. The molecule has 0 saturated carbocycles. The lowest BCUT2D eigenvalue weighted by Gasteiger charge is -2.33. The van der Waals surface area contributed by atoms with Crippen LogP contribution < -0.4 is 0 Å². The van der Waals surface area contributed by atoms with Gasteiger partial charge in [0.1, 0.15) is 5.01 Å². The van der Waals surface area contributed by atoms with Gasteiger partial charge >= 0.3 is 0 Å². The highest BCUT2D eigenvalue weighted by Crippen LogP contribution is 2.26. The van der Waals surface area contributed by atoms with Gasteiger partial charge in [-0.2, -0.15) is 15.6 Å². The Kier molecular flexibility index (Phi) is 6.43. The number of thiophene rings is 1. The smallest absolute Gasteiger partial charge is 0.236 e. The molecular weight excluding hydrogens is 438 g/mol. The minimum Gasteiger partial charge on any atom is -0.340 e. The number of aromatic nitrogens is 1. The van der Waals surface area contributed by atoms with E-state index in [1.807, 2.05) is 52.5 Å². The van der Waals surface area contributed by atoms with E-state index < -0.39 is 10.0 Å². The van der Waals surface area contributed by atoms with Gasteiger partial charge in [0, 0.05) is 47.9 Å². The molecule has 6 nitrogen and oxygen atoms in total. The van der Waals surface area contributed by atoms with Crippen LogP contribution in [0.15, 0.2) is 57.9 Å². The van der Waals surface area contributed by atoms with Gasteiger partial charge in [0.15, 0.2) is 0 Å². The number of sulfonamides is 1. The van der Waals surface area contributed by atoms with Crippen LogP contribution in [0.4, 0.5) is 0 Å². The van der Waals surface area contributed by atoms with Gasteiger partial charge in [-0.25, -0.2) is 13.4 Å². The summed E-state index contributed by atoms with van der Waals surface area (Å²) in [5.74, 6) is -0.0194. The molecule has 0 radical (unpaired) electrons. The third-order valence-corrected chi connectivity index (χ3v) is 8.02. The summed E-state index contributed by atoms with van der Waals surface area (Å²) < 4.78 is 26.6. The van der Waals surface area contributed by atoms with Crippen molar-refractivity contribution in [3.05, 3.63) is 69.2 Å². The topological polar surface area (TPSA) is 70.6 Å². The summed E-state index contributed by atoms with van der Waals surface area (Å²) in [5.41, 5.74) is 2.66. The van der Waals surface area contributed by atoms with Gasteiger partial charge in [-0.05, 0) is 23.1 Å². The Labute approximate surface area is 184 Å². The average Bonchev–Trinajstić information content (AvgIpc) is 3.45. The summed E-state index contributed by atoms with van der Waals surface area (Å²) in [4.78, 5) is 18.9. The second kappa shape index (κ2) is 9.22. The van der Waals surface area contributed by atoms with Crippen LogP contribution in [-0.4, -0.2) is 54.7 Å². The summed E-state index contributed by atoms with van der Waals surface area (Å²) in [6.45, 7) is 1.37. The summed E-state index contributed by atoms with van der Waals surface area (Å²) in [7, 11) is -3.51. The van der Waals surface area contributed by atoms with Crippen LogP contribution in [0.25, 0.3) is 16.6 Å². The number of nitrogens with zero attached hydrogens (tertiary/aromatic N) is 3. The van der Waals surface area contributed by atoms with Gasteiger partial charge in [0.05, 0.1) is 12.1 Å². The monoisotopic (exact) mass is 459 g/mol. The molecule has 2 aromatic heterocycles. The second-order valence-electron chi connectivity index (χ2n) is 6.87. The molecule has 0 N–H and O–H groups in total. The number of hydrogen-bond donors (Lipinski definition) is 0. The van der Waals surface area contributed by atoms with Crippen molar-refractivity contribution in [1.29, 1.82) is 0 Å². The minimum atomic E-state index is -3.51. The third-order valence-electron chi connectivity index (χ3n) is 4.84. The molecule has 1 aliphatic rings.